The van der Waals surface area contributed by atoms with Gasteiger partial charge in [-0.2, -0.15) is 5.10 Å². The minimum Gasteiger partial charge on any atom is -0.269 e. The zero-order chi connectivity index (χ0) is 9.84. The molecule has 0 saturated carbocycles. The molecule has 0 N–H and O–H groups in total. The monoisotopic (exact) mass is 180 g/mol. The Morgan fingerprint density at radius 2 is 1.92 bits per heavy atom. The minimum absolute atomic E-state index is 0.551. The van der Waals surface area contributed by atoms with Crippen molar-refractivity contribution >= 4 is 0 Å². The van der Waals surface area contributed by atoms with E-state index in [1.165, 1.54) is 6.42 Å². The van der Waals surface area contributed by atoms with E-state index >= 15 is 0 Å². The lowest BCUT2D eigenvalue weighted by Crippen LogP contribution is -2.17. The van der Waals surface area contributed by atoms with Crippen molar-refractivity contribution in [3.8, 4) is 0 Å². The van der Waals surface area contributed by atoms with Gasteiger partial charge < -0.3 is 0 Å². The van der Waals surface area contributed by atoms with E-state index in [0.717, 1.165) is 5.92 Å². The Labute approximate surface area is 81.0 Å². The first-order valence-electron chi connectivity index (χ1n) is 5.10. The Balaban J connectivity index is 2.69. The SMILES string of the molecule is CC(C)C[C@@H](C(C)C)n1cccn1. The maximum absolute atomic E-state index is 4.31. The normalized spacial score (nSPS) is 14.0. The summed E-state index contributed by atoms with van der Waals surface area (Å²) in [5.41, 5.74) is 0. The molecule has 13 heavy (non-hydrogen) atoms. The van der Waals surface area contributed by atoms with Crippen LogP contribution >= 0.6 is 0 Å². The molecule has 1 heterocycles. The second-order valence-corrected chi connectivity index (χ2v) is 4.43. The molecule has 0 unspecified atom stereocenters. The summed E-state index contributed by atoms with van der Waals surface area (Å²) in [5.74, 6) is 1.39. The largest absolute Gasteiger partial charge is 0.269 e. The molecule has 0 fully saturated rings. The van der Waals surface area contributed by atoms with Crippen LogP contribution in [0.15, 0.2) is 18.5 Å². The van der Waals surface area contributed by atoms with Crippen molar-refractivity contribution in [3.05, 3.63) is 18.5 Å². The molecular formula is C11H20N2. The molecule has 0 aliphatic heterocycles. The summed E-state index contributed by atoms with van der Waals surface area (Å²) in [5, 5.41) is 4.31. The minimum atomic E-state index is 0.551. The summed E-state index contributed by atoms with van der Waals surface area (Å²) in [6.45, 7) is 9.04. The predicted octanol–water partition coefficient (Wildman–Crippen LogP) is 3.13. The highest BCUT2D eigenvalue weighted by Gasteiger charge is 2.16. The maximum Gasteiger partial charge on any atom is 0.0544 e. The predicted molar refractivity (Wildman–Crippen MR) is 55.6 cm³/mol. The first-order chi connectivity index (χ1) is 6.11. The fourth-order valence-corrected chi connectivity index (χ4v) is 1.65. The topological polar surface area (TPSA) is 17.8 Å². The van der Waals surface area contributed by atoms with Crippen molar-refractivity contribution in [2.75, 3.05) is 0 Å². The molecule has 2 heteroatoms. The Morgan fingerprint density at radius 1 is 1.23 bits per heavy atom. The third-order valence-corrected chi connectivity index (χ3v) is 2.35. The number of aromatic nitrogens is 2. The van der Waals surface area contributed by atoms with Crippen LogP contribution < -0.4 is 0 Å². The van der Waals surface area contributed by atoms with E-state index in [0.29, 0.717) is 12.0 Å². The standard InChI is InChI=1S/C11H20N2/c1-9(2)8-11(10(3)4)13-7-5-6-12-13/h5-7,9-11H,8H2,1-4H3/t11-/m0/s1. The third-order valence-electron chi connectivity index (χ3n) is 2.35. The van der Waals surface area contributed by atoms with E-state index in [9.17, 15) is 0 Å². The lowest BCUT2D eigenvalue weighted by atomic mass is 9.95. The summed E-state index contributed by atoms with van der Waals surface area (Å²) in [6.07, 6.45) is 5.13. The Morgan fingerprint density at radius 3 is 2.31 bits per heavy atom. The number of rotatable bonds is 4. The molecule has 1 aromatic rings. The van der Waals surface area contributed by atoms with Gasteiger partial charge in [-0.3, -0.25) is 4.68 Å². The zero-order valence-corrected chi connectivity index (χ0v) is 9.07. The summed E-state index contributed by atoms with van der Waals surface area (Å²) in [4.78, 5) is 0. The zero-order valence-electron chi connectivity index (χ0n) is 9.07. The van der Waals surface area contributed by atoms with Gasteiger partial charge in [0.1, 0.15) is 0 Å². The van der Waals surface area contributed by atoms with Crippen molar-refractivity contribution in [2.45, 2.75) is 40.2 Å². The van der Waals surface area contributed by atoms with Gasteiger partial charge in [0.05, 0.1) is 6.04 Å². The lowest BCUT2D eigenvalue weighted by molar-refractivity contribution is 0.292. The Hall–Kier alpha value is -0.790. The molecule has 2 nitrogen and oxygen atoms in total. The molecule has 0 aliphatic rings. The van der Waals surface area contributed by atoms with E-state index in [-0.39, 0.29) is 0 Å². The van der Waals surface area contributed by atoms with Crippen LogP contribution in [0.4, 0.5) is 0 Å². The number of nitrogens with zero attached hydrogens (tertiary/aromatic N) is 2. The van der Waals surface area contributed by atoms with Gasteiger partial charge in [-0.05, 0) is 24.3 Å². The van der Waals surface area contributed by atoms with E-state index in [1.807, 2.05) is 12.3 Å². The lowest BCUT2D eigenvalue weighted by Gasteiger charge is -2.23. The summed E-state index contributed by atoms with van der Waals surface area (Å²) in [6, 6.07) is 2.55. The van der Waals surface area contributed by atoms with Gasteiger partial charge in [-0.25, -0.2) is 0 Å². The van der Waals surface area contributed by atoms with Crippen molar-refractivity contribution in [3.63, 3.8) is 0 Å². The Kier molecular flexibility index (Phi) is 3.52. The van der Waals surface area contributed by atoms with Gasteiger partial charge in [-0.1, -0.05) is 27.7 Å². The quantitative estimate of drug-likeness (QED) is 0.696. The summed E-state index contributed by atoms with van der Waals surface area (Å²) < 4.78 is 2.09. The van der Waals surface area contributed by atoms with Gasteiger partial charge in [0.2, 0.25) is 0 Å². The van der Waals surface area contributed by atoms with Gasteiger partial charge in [0, 0.05) is 12.4 Å². The highest BCUT2D eigenvalue weighted by molar-refractivity contribution is 4.83. The number of hydrogen-bond acceptors (Lipinski definition) is 1. The van der Waals surface area contributed by atoms with Crippen LogP contribution in [0.5, 0.6) is 0 Å². The average Bonchev–Trinajstić information content (AvgIpc) is 2.50. The highest BCUT2D eigenvalue weighted by Crippen LogP contribution is 2.24. The second kappa shape index (κ2) is 4.45. The van der Waals surface area contributed by atoms with Gasteiger partial charge in [-0.15, -0.1) is 0 Å². The molecule has 1 atom stereocenters. The molecule has 0 bridgehead atoms. The van der Waals surface area contributed by atoms with E-state index in [4.69, 9.17) is 0 Å². The second-order valence-electron chi connectivity index (χ2n) is 4.43. The fourth-order valence-electron chi connectivity index (χ4n) is 1.65. The Bertz CT molecular complexity index is 224. The van der Waals surface area contributed by atoms with Crippen LogP contribution in [0.2, 0.25) is 0 Å². The van der Waals surface area contributed by atoms with Crippen molar-refractivity contribution in [2.24, 2.45) is 11.8 Å². The first-order valence-corrected chi connectivity index (χ1v) is 5.10. The molecule has 0 saturated heterocycles. The van der Waals surface area contributed by atoms with Crippen molar-refractivity contribution < 1.29 is 0 Å². The van der Waals surface area contributed by atoms with Gasteiger partial charge >= 0.3 is 0 Å². The van der Waals surface area contributed by atoms with E-state index in [2.05, 4.69) is 43.7 Å². The molecule has 1 aromatic heterocycles. The van der Waals surface area contributed by atoms with Gasteiger partial charge in [0.25, 0.3) is 0 Å². The van der Waals surface area contributed by atoms with E-state index in [1.54, 1.807) is 0 Å². The molecule has 0 spiro atoms. The molecule has 1 rings (SSSR count). The first kappa shape index (κ1) is 10.3. The highest BCUT2D eigenvalue weighted by atomic mass is 15.3. The van der Waals surface area contributed by atoms with Crippen molar-refractivity contribution in [1.29, 1.82) is 0 Å². The molecule has 0 radical (unpaired) electrons. The van der Waals surface area contributed by atoms with Crippen LogP contribution in [-0.2, 0) is 0 Å². The maximum atomic E-state index is 4.31. The smallest absolute Gasteiger partial charge is 0.0544 e. The average molecular weight is 180 g/mol. The molecule has 0 amide bonds. The van der Waals surface area contributed by atoms with Crippen LogP contribution in [0, 0.1) is 11.8 Å². The number of hydrogen-bond donors (Lipinski definition) is 0. The fraction of sp³-hybridized carbons (Fsp3) is 0.727. The summed E-state index contributed by atoms with van der Waals surface area (Å²) >= 11 is 0. The van der Waals surface area contributed by atoms with Crippen molar-refractivity contribution in [1.82, 2.24) is 9.78 Å². The van der Waals surface area contributed by atoms with Gasteiger partial charge in [0.15, 0.2) is 0 Å². The third kappa shape index (κ3) is 2.87. The molecular weight excluding hydrogens is 160 g/mol. The molecule has 0 aromatic carbocycles. The van der Waals surface area contributed by atoms with Crippen LogP contribution in [0.1, 0.15) is 40.2 Å². The molecule has 74 valence electrons. The van der Waals surface area contributed by atoms with Crippen LogP contribution in [0.3, 0.4) is 0 Å². The van der Waals surface area contributed by atoms with Crippen LogP contribution in [0.25, 0.3) is 0 Å². The van der Waals surface area contributed by atoms with E-state index < -0.39 is 0 Å². The summed E-state index contributed by atoms with van der Waals surface area (Å²) in [7, 11) is 0. The van der Waals surface area contributed by atoms with Crippen LogP contribution in [-0.4, -0.2) is 9.78 Å². The molecule has 0 aliphatic carbocycles.